The van der Waals surface area contributed by atoms with Crippen LogP contribution in [0.25, 0.3) is 0 Å². The van der Waals surface area contributed by atoms with E-state index in [9.17, 15) is 4.79 Å². The molecule has 0 spiro atoms. The summed E-state index contributed by atoms with van der Waals surface area (Å²) in [6, 6.07) is 10.7. The van der Waals surface area contributed by atoms with E-state index in [1.165, 1.54) is 18.4 Å². The van der Waals surface area contributed by atoms with Crippen molar-refractivity contribution in [3.63, 3.8) is 0 Å². The fourth-order valence-electron chi connectivity index (χ4n) is 3.96. The van der Waals surface area contributed by atoms with E-state index >= 15 is 0 Å². The second kappa shape index (κ2) is 9.60. The number of nitrogens with zero attached hydrogens (tertiary/aromatic N) is 2. The molecule has 1 amide bonds. The Morgan fingerprint density at radius 3 is 2.69 bits per heavy atom. The molecular formula is C21H32N4O. The lowest BCUT2D eigenvalue weighted by molar-refractivity contribution is -0.134. The number of likely N-dealkylation sites (tertiary alicyclic amines) is 1. The minimum Gasteiger partial charge on any atom is -0.357 e. The normalized spacial score (nSPS) is 21.2. The molecule has 5 heteroatoms. The van der Waals surface area contributed by atoms with Gasteiger partial charge in [-0.2, -0.15) is 0 Å². The van der Waals surface area contributed by atoms with E-state index in [2.05, 4.69) is 46.7 Å². The van der Waals surface area contributed by atoms with Gasteiger partial charge in [0, 0.05) is 38.1 Å². The molecule has 1 atom stereocenters. The third-order valence-corrected chi connectivity index (χ3v) is 5.40. The third kappa shape index (κ3) is 5.23. The van der Waals surface area contributed by atoms with Crippen molar-refractivity contribution in [3.8, 4) is 0 Å². The van der Waals surface area contributed by atoms with Crippen LogP contribution < -0.4 is 10.6 Å². The number of guanidine groups is 1. The summed E-state index contributed by atoms with van der Waals surface area (Å²) in [7, 11) is 0. The summed E-state index contributed by atoms with van der Waals surface area (Å²) in [5.41, 5.74) is 1.31. The Morgan fingerprint density at radius 2 is 1.96 bits per heavy atom. The lowest BCUT2D eigenvalue weighted by Gasteiger charge is -2.21. The second-order valence-electron chi connectivity index (χ2n) is 7.39. The van der Waals surface area contributed by atoms with Crippen LogP contribution in [-0.2, 0) is 11.2 Å². The molecule has 1 heterocycles. The van der Waals surface area contributed by atoms with Crippen LogP contribution in [0.4, 0.5) is 0 Å². The molecule has 0 aromatic heterocycles. The van der Waals surface area contributed by atoms with Gasteiger partial charge in [0.05, 0.1) is 0 Å². The van der Waals surface area contributed by atoms with Crippen LogP contribution in [0.15, 0.2) is 35.3 Å². The lowest BCUT2D eigenvalue weighted by Crippen LogP contribution is -2.45. The average molecular weight is 357 g/mol. The van der Waals surface area contributed by atoms with E-state index in [4.69, 9.17) is 4.99 Å². The first-order valence-corrected chi connectivity index (χ1v) is 10.1. The van der Waals surface area contributed by atoms with Gasteiger partial charge in [-0.25, -0.2) is 0 Å². The second-order valence-corrected chi connectivity index (χ2v) is 7.39. The molecule has 3 rings (SSSR count). The van der Waals surface area contributed by atoms with Gasteiger partial charge < -0.3 is 15.5 Å². The zero-order chi connectivity index (χ0) is 18.2. The Balaban J connectivity index is 1.48. The number of carbonyl (C=O) groups is 1. The van der Waals surface area contributed by atoms with E-state index in [-0.39, 0.29) is 5.92 Å². The molecule has 5 nitrogen and oxygen atoms in total. The van der Waals surface area contributed by atoms with Crippen LogP contribution in [0.3, 0.4) is 0 Å². The van der Waals surface area contributed by atoms with Gasteiger partial charge in [0.1, 0.15) is 0 Å². The standard InChI is InChI=1S/C21H32N4O/c1-2-22-21(23-14-12-17-8-4-3-5-9-17)24-19-13-15-25(16-19)20(26)18-10-6-7-11-18/h3-5,8-9,18-19H,2,6-7,10-16H2,1H3,(H2,22,23,24). The Labute approximate surface area is 157 Å². The van der Waals surface area contributed by atoms with Gasteiger partial charge in [-0.3, -0.25) is 9.79 Å². The first-order valence-electron chi connectivity index (χ1n) is 10.1. The largest absolute Gasteiger partial charge is 0.357 e. The van der Waals surface area contributed by atoms with Gasteiger partial charge in [-0.1, -0.05) is 43.2 Å². The highest BCUT2D eigenvalue weighted by molar-refractivity contribution is 5.81. The fourth-order valence-corrected chi connectivity index (χ4v) is 3.96. The molecule has 1 aromatic rings. The Kier molecular flexibility index (Phi) is 6.92. The predicted octanol–water partition coefficient (Wildman–Crippen LogP) is 2.58. The van der Waals surface area contributed by atoms with Crippen molar-refractivity contribution in [2.24, 2.45) is 10.9 Å². The predicted molar refractivity (Wildman–Crippen MR) is 106 cm³/mol. The molecule has 1 aliphatic carbocycles. The molecule has 142 valence electrons. The molecule has 1 unspecified atom stereocenters. The highest BCUT2D eigenvalue weighted by atomic mass is 16.2. The minimum atomic E-state index is 0.279. The summed E-state index contributed by atoms with van der Waals surface area (Å²) in [5.74, 6) is 1.52. The number of benzene rings is 1. The van der Waals surface area contributed by atoms with Crippen LogP contribution in [0, 0.1) is 5.92 Å². The van der Waals surface area contributed by atoms with E-state index in [0.29, 0.717) is 11.9 Å². The quantitative estimate of drug-likeness (QED) is 0.608. The van der Waals surface area contributed by atoms with Crippen molar-refractivity contribution < 1.29 is 4.79 Å². The summed E-state index contributed by atoms with van der Waals surface area (Å²) in [6.07, 6.45) is 6.53. The molecule has 2 fully saturated rings. The molecule has 1 aromatic carbocycles. The smallest absolute Gasteiger partial charge is 0.225 e. The monoisotopic (exact) mass is 356 g/mol. The summed E-state index contributed by atoms with van der Waals surface area (Å²) < 4.78 is 0. The summed E-state index contributed by atoms with van der Waals surface area (Å²) in [6.45, 7) is 5.36. The maximum atomic E-state index is 12.6. The molecule has 0 bridgehead atoms. The number of amides is 1. The maximum absolute atomic E-state index is 12.6. The van der Waals surface area contributed by atoms with Crippen molar-refractivity contribution >= 4 is 11.9 Å². The highest BCUT2D eigenvalue weighted by Crippen LogP contribution is 2.27. The molecule has 26 heavy (non-hydrogen) atoms. The molecule has 1 aliphatic heterocycles. The van der Waals surface area contributed by atoms with Crippen molar-refractivity contribution in [2.45, 2.75) is 51.5 Å². The van der Waals surface area contributed by atoms with Crippen LogP contribution in [0.5, 0.6) is 0 Å². The van der Waals surface area contributed by atoms with E-state index in [0.717, 1.165) is 57.8 Å². The number of carbonyl (C=O) groups excluding carboxylic acids is 1. The van der Waals surface area contributed by atoms with E-state index in [1.54, 1.807) is 0 Å². The highest BCUT2D eigenvalue weighted by Gasteiger charge is 2.32. The van der Waals surface area contributed by atoms with E-state index < -0.39 is 0 Å². The lowest BCUT2D eigenvalue weighted by atomic mass is 10.1. The summed E-state index contributed by atoms with van der Waals surface area (Å²) >= 11 is 0. The van der Waals surface area contributed by atoms with Crippen LogP contribution >= 0.6 is 0 Å². The minimum absolute atomic E-state index is 0.279. The van der Waals surface area contributed by atoms with E-state index in [1.807, 2.05) is 6.07 Å². The van der Waals surface area contributed by atoms with Crippen molar-refractivity contribution in [3.05, 3.63) is 35.9 Å². The van der Waals surface area contributed by atoms with Gasteiger partial charge in [0.2, 0.25) is 5.91 Å². The SMILES string of the molecule is CCNC(=NCCc1ccccc1)NC1CCN(C(=O)C2CCCC2)C1. The maximum Gasteiger partial charge on any atom is 0.225 e. The Bertz CT molecular complexity index is 595. The topological polar surface area (TPSA) is 56.7 Å². The zero-order valence-corrected chi connectivity index (χ0v) is 15.9. The first-order chi connectivity index (χ1) is 12.8. The van der Waals surface area contributed by atoms with Gasteiger partial charge in [-0.05, 0) is 38.2 Å². The number of nitrogens with one attached hydrogen (secondary N) is 2. The van der Waals surface area contributed by atoms with Gasteiger partial charge in [0.25, 0.3) is 0 Å². The summed E-state index contributed by atoms with van der Waals surface area (Å²) in [5, 5.41) is 6.85. The number of hydrogen-bond acceptors (Lipinski definition) is 2. The summed E-state index contributed by atoms with van der Waals surface area (Å²) in [4.78, 5) is 19.4. The van der Waals surface area contributed by atoms with Crippen molar-refractivity contribution in [1.82, 2.24) is 15.5 Å². The fraction of sp³-hybridized carbons (Fsp3) is 0.619. The molecule has 2 N–H and O–H groups in total. The third-order valence-electron chi connectivity index (χ3n) is 5.40. The number of aliphatic imine (C=N–C) groups is 1. The molecule has 1 saturated heterocycles. The number of rotatable bonds is 6. The first kappa shape index (κ1) is 18.7. The molecule has 2 aliphatic rings. The molecule has 0 radical (unpaired) electrons. The van der Waals surface area contributed by atoms with Crippen LogP contribution in [0.2, 0.25) is 0 Å². The van der Waals surface area contributed by atoms with Crippen molar-refractivity contribution in [2.75, 3.05) is 26.2 Å². The van der Waals surface area contributed by atoms with Crippen LogP contribution in [-0.4, -0.2) is 49.0 Å². The van der Waals surface area contributed by atoms with Gasteiger partial charge >= 0.3 is 0 Å². The molecule has 1 saturated carbocycles. The van der Waals surface area contributed by atoms with Crippen LogP contribution in [0.1, 0.15) is 44.6 Å². The Hall–Kier alpha value is -2.04. The molecular weight excluding hydrogens is 324 g/mol. The van der Waals surface area contributed by atoms with Gasteiger partial charge in [-0.15, -0.1) is 0 Å². The number of hydrogen-bond donors (Lipinski definition) is 2. The van der Waals surface area contributed by atoms with Crippen molar-refractivity contribution in [1.29, 1.82) is 0 Å². The zero-order valence-electron chi connectivity index (χ0n) is 15.9. The average Bonchev–Trinajstić information content (AvgIpc) is 3.34. The van der Waals surface area contributed by atoms with Gasteiger partial charge in [0.15, 0.2) is 5.96 Å². The Morgan fingerprint density at radius 1 is 1.19 bits per heavy atom.